The van der Waals surface area contributed by atoms with Gasteiger partial charge in [0, 0.05) is 18.0 Å². The fourth-order valence-electron chi connectivity index (χ4n) is 5.07. The van der Waals surface area contributed by atoms with Gasteiger partial charge in [-0.25, -0.2) is 14.8 Å². The Balaban J connectivity index is 1.26. The first-order chi connectivity index (χ1) is 18.3. The van der Waals surface area contributed by atoms with Gasteiger partial charge >= 0.3 is 6.03 Å². The van der Waals surface area contributed by atoms with E-state index in [0.717, 1.165) is 42.6 Å². The second kappa shape index (κ2) is 11.1. The molecule has 5 rings (SSSR count). The number of nitrogens with one attached hydrogen (secondary N) is 2. The van der Waals surface area contributed by atoms with E-state index in [2.05, 4.69) is 38.9 Å². The van der Waals surface area contributed by atoms with E-state index in [1.807, 2.05) is 31.7 Å². The summed E-state index contributed by atoms with van der Waals surface area (Å²) in [5.41, 5.74) is 4.84. The SMILES string of the molecule is CC(C)(C)OC1CN(C(=O)N[C@H]2CCCCc3cc(-c4ccnc(Nc5cnn(CCO)c5)n4)ccc32)C1. The summed E-state index contributed by atoms with van der Waals surface area (Å²) in [6.45, 7) is 7.86. The Hall–Kier alpha value is -3.50. The van der Waals surface area contributed by atoms with E-state index >= 15 is 0 Å². The summed E-state index contributed by atoms with van der Waals surface area (Å²) in [6, 6.07) is 8.28. The fraction of sp³-hybridized carbons (Fsp3) is 0.500. The average Bonchev–Trinajstić information content (AvgIpc) is 3.19. The molecule has 0 bridgehead atoms. The lowest BCUT2D eigenvalue weighted by atomic mass is 9.95. The van der Waals surface area contributed by atoms with Crippen molar-refractivity contribution in [3.05, 3.63) is 54.0 Å². The van der Waals surface area contributed by atoms with E-state index in [1.54, 1.807) is 23.3 Å². The van der Waals surface area contributed by atoms with Crippen LogP contribution >= 0.6 is 0 Å². The summed E-state index contributed by atoms with van der Waals surface area (Å²) < 4.78 is 7.64. The van der Waals surface area contributed by atoms with Crippen LogP contribution in [0, 0.1) is 0 Å². The van der Waals surface area contributed by atoms with E-state index < -0.39 is 0 Å². The van der Waals surface area contributed by atoms with Crippen LogP contribution in [-0.4, -0.2) is 67.2 Å². The van der Waals surface area contributed by atoms with E-state index in [-0.39, 0.29) is 30.4 Å². The molecule has 3 aromatic rings. The lowest BCUT2D eigenvalue weighted by Gasteiger charge is -2.42. The van der Waals surface area contributed by atoms with Crippen molar-refractivity contribution in [1.29, 1.82) is 0 Å². The van der Waals surface area contributed by atoms with Crippen LogP contribution in [0.2, 0.25) is 0 Å². The second-order valence-corrected chi connectivity index (χ2v) is 11.0. The molecule has 10 nitrogen and oxygen atoms in total. The minimum Gasteiger partial charge on any atom is -0.394 e. The largest absolute Gasteiger partial charge is 0.394 e. The number of aliphatic hydroxyl groups is 1. The molecule has 1 aromatic carbocycles. The third-order valence-electron chi connectivity index (χ3n) is 6.83. The molecule has 2 aromatic heterocycles. The molecule has 202 valence electrons. The number of hydrogen-bond acceptors (Lipinski definition) is 7. The van der Waals surface area contributed by atoms with Gasteiger partial charge in [0.2, 0.25) is 5.95 Å². The van der Waals surface area contributed by atoms with Crippen molar-refractivity contribution in [2.75, 3.05) is 25.0 Å². The number of rotatable bonds is 7. The number of aliphatic hydroxyl groups excluding tert-OH is 1. The van der Waals surface area contributed by atoms with Gasteiger partial charge in [0.1, 0.15) is 0 Å². The maximum absolute atomic E-state index is 13.0. The molecule has 0 saturated carbocycles. The summed E-state index contributed by atoms with van der Waals surface area (Å²) in [7, 11) is 0. The van der Waals surface area contributed by atoms with Crippen LogP contribution in [0.3, 0.4) is 0 Å². The van der Waals surface area contributed by atoms with Crippen molar-refractivity contribution in [3.63, 3.8) is 0 Å². The van der Waals surface area contributed by atoms with E-state index in [1.165, 1.54) is 11.1 Å². The third kappa shape index (κ3) is 6.31. The number of nitrogens with zero attached hydrogens (tertiary/aromatic N) is 5. The maximum Gasteiger partial charge on any atom is 0.318 e. The zero-order chi connectivity index (χ0) is 26.7. The highest BCUT2D eigenvalue weighted by atomic mass is 16.5. The van der Waals surface area contributed by atoms with Gasteiger partial charge in [-0.1, -0.05) is 18.6 Å². The zero-order valence-corrected chi connectivity index (χ0v) is 22.4. The van der Waals surface area contributed by atoms with E-state index in [4.69, 9.17) is 14.8 Å². The normalized spacial score (nSPS) is 17.9. The standard InChI is InChI=1S/C28H37N7O3/c1-28(2,3)38-22-17-34(18-22)27(37)33-25-7-5-4-6-19-14-20(8-9-23(19)25)24-10-11-29-26(32-24)31-21-15-30-35(16-21)12-13-36/h8-11,14-16,22,25,36H,4-7,12-13,17-18H2,1-3H3,(H,33,37)(H,29,31,32)/t25-/m0/s1. The van der Waals surface area contributed by atoms with Crippen molar-refractivity contribution in [3.8, 4) is 11.3 Å². The predicted molar refractivity (Wildman–Crippen MR) is 145 cm³/mol. The molecule has 38 heavy (non-hydrogen) atoms. The Bertz CT molecular complexity index is 1260. The number of carbonyl (C=O) groups is 1. The van der Waals surface area contributed by atoms with Crippen molar-refractivity contribution >= 4 is 17.7 Å². The Morgan fingerprint density at radius 2 is 2.05 bits per heavy atom. The number of anilines is 2. The Labute approximate surface area is 223 Å². The summed E-state index contributed by atoms with van der Waals surface area (Å²) >= 11 is 0. The monoisotopic (exact) mass is 519 g/mol. The van der Waals surface area contributed by atoms with E-state index in [9.17, 15) is 4.79 Å². The minimum atomic E-state index is -0.199. The van der Waals surface area contributed by atoms with Gasteiger partial charge in [-0.3, -0.25) is 4.68 Å². The number of likely N-dealkylation sites (tertiary alicyclic amines) is 1. The molecule has 1 saturated heterocycles. The molecule has 0 radical (unpaired) electrons. The molecule has 2 amide bonds. The van der Waals surface area contributed by atoms with Crippen LogP contribution in [0.15, 0.2) is 42.9 Å². The molecule has 0 spiro atoms. The highest BCUT2D eigenvalue weighted by Gasteiger charge is 2.35. The van der Waals surface area contributed by atoms with E-state index in [0.29, 0.717) is 25.6 Å². The summed E-state index contributed by atoms with van der Waals surface area (Å²) in [4.78, 5) is 23.8. The minimum absolute atomic E-state index is 0.00489. The molecule has 2 aliphatic rings. The number of fused-ring (bicyclic) bond motifs is 1. The first-order valence-corrected chi connectivity index (χ1v) is 13.4. The van der Waals surface area contributed by atoms with Gasteiger partial charge < -0.3 is 25.4 Å². The number of ether oxygens (including phenoxy) is 1. The van der Waals surface area contributed by atoms with Crippen LogP contribution in [0.25, 0.3) is 11.3 Å². The topological polar surface area (TPSA) is 117 Å². The summed E-state index contributed by atoms with van der Waals surface area (Å²) in [6.07, 6.45) is 9.38. The lowest BCUT2D eigenvalue weighted by molar-refractivity contribution is -0.111. The molecular weight excluding hydrogens is 482 g/mol. The number of carbonyl (C=O) groups excluding carboxylic acids is 1. The highest BCUT2D eigenvalue weighted by molar-refractivity contribution is 5.76. The predicted octanol–water partition coefficient (Wildman–Crippen LogP) is 4.05. The molecular formula is C28H37N7O3. The number of urea groups is 1. The number of amides is 2. The number of hydrogen-bond donors (Lipinski definition) is 3. The number of benzene rings is 1. The second-order valence-electron chi connectivity index (χ2n) is 11.0. The van der Waals surface area contributed by atoms with Crippen LogP contribution in [0.1, 0.15) is 57.2 Å². The zero-order valence-electron chi connectivity index (χ0n) is 22.4. The molecule has 1 aliphatic heterocycles. The summed E-state index contributed by atoms with van der Waals surface area (Å²) in [5, 5.41) is 19.8. The molecule has 3 N–H and O–H groups in total. The first kappa shape index (κ1) is 26.1. The Morgan fingerprint density at radius 1 is 1.21 bits per heavy atom. The Morgan fingerprint density at radius 3 is 2.84 bits per heavy atom. The highest BCUT2D eigenvalue weighted by Crippen LogP contribution is 2.32. The van der Waals surface area contributed by atoms with Gasteiger partial charge in [-0.15, -0.1) is 0 Å². The molecule has 1 aliphatic carbocycles. The lowest BCUT2D eigenvalue weighted by Crippen LogP contribution is -2.59. The van der Waals surface area contributed by atoms with Gasteiger partial charge in [-0.05, 0) is 63.3 Å². The molecule has 0 unspecified atom stereocenters. The Kier molecular flexibility index (Phi) is 7.62. The van der Waals surface area contributed by atoms with Crippen molar-refractivity contribution in [2.24, 2.45) is 0 Å². The van der Waals surface area contributed by atoms with Crippen LogP contribution in [0.5, 0.6) is 0 Å². The van der Waals surface area contributed by atoms with Crippen LogP contribution in [-0.2, 0) is 17.7 Å². The molecule has 1 fully saturated rings. The van der Waals surface area contributed by atoms with Crippen molar-refractivity contribution in [1.82, 2.24) is 30.0 Å². The van der Waals surface area contributed by atoms with Crippen molar-refractivity contribution < 1.29 is 14.6 Å². The smallest absolute Gasteiger partial charge is 0.318 e. The van der Waals surface area contributed by atoms with Crippen molar-refractivity contribution in [2.45, 2.75) is 70.7 Å². The van der Waals surface area contributed by atoms with Gasteiger partial charge in [0.25, 0.3) is 0 Å². The molecule has 3 heterocycles. The molecule has 1 atom stereocenters. The quantitative estimate of drug-likeness (QED) is 0.403. The average molecular weight is 520 g/mol. The van der Waals surface area contributed by atoms with Gasteiger partial charge in [-0.2, -0.15) is 5.10 Å². The van der Waals surface area contributed by atoms with Gasteiger partial charge in [0.05, 0.1) is 61.6 Å². The maximum atomic E-state index is 13.0. The first-order valence-electron chi connectivity index (χ1n) is 13.4. The fourth-order valence-corrected chi connectivity index (χ4v) is 5.07. The van der Waals surface area contributed by atoms with Gasteiger partial charge in [0.15, 0.2) is 0 Å². The number of aryl methyl sites for hydroxylation is 1. The van der Waals surface area contributed by atoms with Crippen LogP contribution < -0.4 is 10.6 Å². The summed E-state index contributed by atoms with van der Waals surface area (Å²) in [5.74, 6) is 0.481. The molecule has 10 heteroatoms. The third-order valence-corrected chi connectivity index (χ3v) is 6.83. The number of aromatic nitrogens is 4. The van der Waals surface area contributed by atoms with Crippen LogP contribution in [0.4, 0.5) is 16.4 Å².